The van der Waals surface area contributed by atoms with E-state index in [2.05, 4.69) is 34.5 Å². The maximum Gasteiger partial charge on any atom is 0.191 e. The first kappa shape index (κ1) is 24.1. The molecule has 0 spiro atoms. The number of nitrogens with one attached hydrogen (secondary N) is 2. The molecular weight excluding hydrogens is 468 g/mol. The number of rotatable bonds is 7. The van der Waals surface area contributed by atoms with Crippen LogP contribution in [-0.4, -0.2) is 38.1 Å². The molecule has 1 aromatic carbocycles. The predicted octanol–water partition coefficient (Wildman–Crippen LogP) is 3.94. The van der Waals surface area contributed by atoms with Crippen LogP contribution in [0.5, 0.6) is 0 Å². The molecule has 0 saturated heterocycles. The highest BCUT2D eigenvalue weighted by molar-refractivity contribution is 14.0. The van der Waals surface area contributed by atoms with E-state index in [1.54, 1.807) is 12.1 Å². The molecule has 154 valence electrons. The second-order valence-corrected chi connectivity index (χ2v) is 7.32. The van der Waals surface area contributed by atoms with E-state index in [0.29, 0.717) is 13.1 Å². The van der Waals surface area contributed by atoms with Crippen LogP contribution in [0.1, 0.15) is 32.0 Å². The van der Waals surface area contributed by atoms with Gasteiger partial charge in [0.05, 0.1) is 12.2 Å². The molecule has 0 amide bonds. The van der Waals surface area contributed by atoms with Crippen LogP contribution in [0.2, 0.25) is 0 Å². The average Bonchev–Trinajstić information content (AvgIpc) is 2.64. The zero-order valence-electron chi connectivity index (χ0n) is 17.3. The standard InChI is InChI=1S/C21H30FN5.HI/c1-6-23-20(24-14-18-11-8-12-19(26-18)27(4)5)25-15-21(2,3)16-9-7-10-17(22)13-16;/h7-13H,6,14-15H2,1-5H3,(H2,23,24,25);1H. The third-order valence-corrected chi connectivity index (χ3v) is 4.30. The highest BCUT2D eigenvalue weighted by atomic mass is 127. The molecule has 28 heavy (non-hydrogen) atoms. The Labute approximate surface area is 184 Å². The van der Waals surface area contributed by atoms with Crippen molar-refractivity contribution in [1.82, 2.24) is 15.6 Å². The van der Waals surface area contributed by atoms with Crippen LogP contribution < -0.4 is 15.5 Å². The molecule has 0 saturated carbocycles. The second-order valence-electron chi connectivity index (χ2n) is 7.32. The number of aliphatic imine (C=N–C) groups is 1. The Hall–Kier alpha value is -1.90. The summed E-state index contributed by atoms with van der Waals surface area (Å²) < 4.78 is 13.5. The van der Waals surface area contributed by atoms with Crippen molar-refractivity contribution in [1.29, 1.82) is 0 Å². The number of pyridine rings is 1. The van der Waals surface area contributed by atoms with E-state index in [9.17, 15) is 4.39 Å². The highest BCUT2D eigenvalue weighted by Crippen LogP contribution is 2.22. The van der Waals surface area contributed by atoms with Gasteiger partial charge in [-0.15, -0.1) is 24.0 Å². The first-order chi connectivity index (χ1) is 12.8. The molecule has 2 rings (SSSR count). The van der Waals surface area contributed by atoms with Gasteiger partial charge in [0.15, 0.2) is 5.96 Å². The molecule has 0 atom stereocenters. The van der Waals surface area contributed by atoms with Crippen LogP contribution in [0, 0.1) is 5.82 Å². The van der Waals surface area contributed by atoms with E-state index >= 15 is 0 Å². The first-order valence-corrected chi connectivity index (χ1v) is 9.23. The van der Waals surface area contributed by atoms with Crippen LogP contribution in [0.25, 0.3) is 0 Å². The SMILES string of the molecule is CCNC(=NCc1cccc(N(C)C)n1)NCC(C)(C)c1cccc(F)c1.I. The highest BCUT2D eigenvalue weighted by Gasteiger charge is 2.21. The third kappa shape index (κ3) is 7.26. The third-order valence-electron chi connectivity index (χ3n) is 4.30. The van der Waals surface area contributed by atoms with Gasteiger partial charge in [0.2, 0.25) is 0 Å². The summed E-state index contributed by atoms with van der Waals surface area (Å²) in [6.07, 6.45) is 0. The smallest absolute Gasteiger partial charge is 0.191 e. The maximum atomic E-state index is 13.5. The minimum Gasteiger partial charge on any atom is -0.363 e. The molecular formula is C21H31FIN5. The Balaban J connectivity index is 0.00000392. The van der Waals surface area contributed by atoms with Crippen molar-refractivity contribution >= 4 is 35.8 Å². The zero-order chi connectivity index (χ0) is 19.9. The van der Waals surface area contributed by atoms with Crippen molar-refractivity contribution in [3.63, 3.8) is 0 Å². The topological polar surface area (TPSA) is 52.6 Å². The van der Waals surface area contributed by atoms with Gasteiger partial charge in [0.1, 0.15) is 11.6 Å². The van der Waals surface area contributed by atoms with Crippen molar-refractivity contribution < 1.29 is 4.39 Å². The number of hydrogen-bond donors (Lipinski definition) is 2. The minimum atomic E-state index is -0.235. The fourth-order valence-electron chi connectivity index (χ4n) is 2.62. The van der Waals surface area contributed by atoms with Gasteiger partial charge in [-0.25, -0.2) is 14.4 Å². The molecule has 7 heteroatoms. The number of hydrogen-bond acceptors (Lipinski definition) is 3. The summed E-state index contributed by atoms with van der Waals surface area (Å²) in [6, 6.07) is 12.7. The van der Waals surface area contributed by atoms with Crippen molar-refractivity contribution in [2.75, 3.05) is 32.1 Å². The lowest BCUT2D eigenvalue weighted by atomic mass is 9.84. The maximum absolute atomic E-state index is 13.5. The normalized spacial score (nSPS) is 11.6. The van der Waals surface area contributed by atoms with Gasteiger partial charge < -0.3 is 15.5 Å². The lowest BCUT2D eigenvalue weighted by Crippen LogP contribution is -2.43. The van der Waals surface area contributed by atoms with Crippen molar-refractivity contribution in [3.8, 4) is 0 Å². The lowest BCUT2D eigenvalue weighted by Gasteiger charge is -2.27. The molecule has 0 aliphatic rings. The number of guanidine groups is 1. The Morgan fingerprint density at radius 2 is 1.86 bits per heavy atom. The molecule has 0 fully saturated rings. The average molecular weight is 499 g/mol. The summed E-state index contributed by atoms with van der Waals surface area (Å²) in [4.78, 5) is 11.2. The van der Waals surface area contributed by atoms with E-state index in [4.69, 9.17) is 0 Å². The first-order valence-electron chi connectivity index (χ1n) is 9.23. The number of nitrogens with zero attached hydrogens (tertiary/aromatic N) is 3. The predicted molar refractivity (Wildman–Crippen MR) is 126 cm³/mol. The number of anilines is 1. The summed E-state index contributed by atoms with van der Waals surface area (Å²) in [5, 5.41) is 6.62. The summed E-state index contributed by atoms with van der Waals surface area (Å²) in [5.41, 5.74) is 1.62. The molecule has 0 radical (unpaired) electrons. The van der Waals surface area contributed by atoms with Crippen LogP contribution in [0.15, 0.2) is 47.5 Å². The fraction of sp³-hybridized carbons (Fsp3) is 0.429. The molecule has 0 bridgehead atoms. The number of benzene rings is 1. The number of halogens is 2. The molecule has 2 N–H and O–H groups in total. The summed E-state index contributed by atoms with van der Waals surface area (Å²) in [5.74, 6) is 1.42. The number of aromatic nitrogens is 1. The van der Waals surface area contributed by atoms with Gasteiger partial charge in [-0.05, 0) is 36.8 Å². The van der Waals surface area contributed by atoms with Gasteiger partial charge in [-0.3, -0.25) is 0 Å². The van der Waals surface area contributed by atoms with E-state index in [1.807, 2.05) is 50.2 Å². The molecule has 0 aliphatic heterocycles. The fourth-order valence-corrected chi connectivity index (χ4v) is 2.62. The molecule has 0 aliphatic carbocycles. The monoisotopic (exact) mass is 499 g/mol. The Morgan fingerprint density at radius 3 is 2.50 bits per heavy atom. The van der Waals surface area contributed by atoms with Gasteiger partial charge >= 0.3 is 0 Å². The van der Waals surface area contributed by atoms with Crippen molar-refractivity contribution in [2.24, 2.45) is 4.99 Å². The van der Waals surface area contributed by atoms with Crippen LogP contribution in [0.3, 0.4) is 0 Å². The summed E-state index contributed by atoms with van der Waals surface area (Å²) in [6.45, 7) is 8.07. The van der Waals surface area contributed by atoms with E-state index in [0.717, 1.165) is 29.6 Å². The minimum absolute atomic E-state index is 0. The van der Waals surface area contributed by atoms with Gasteiger partial charge in [0.25, 0.3) is 0 Å². The summed E-state index contributed by atoms with van der Waals surface area (Å²) >= 11 is 0. The van der Waals surface area contributed by atoms with E-state index in [-0.39, 0.29) is 35.2 Å². The molecule has 1 heterocycles. The molecule has 5 nitrogen and oxygen atoms in total. The molecule has 2 aromatic rings. The van der Waals surface area contributed by atoms with E-state index < -0.39 is 0 Å². The van der Waals surface area contributed by atoms with Gasteiger partial charge in [0, 0.05) is 32.6 Å². The lowest BCUT2D eigenvalue weighted by molar-refractivity contribution is 0.503. The largest absolute Gasteiger partial charge is 0.363 e. The second kappa shape index (κ2) is 11.2. The van der Waals surface area contributed by atoms with E-state index in [1.165, 1.54) is 6.07 Å². The zero-order valence-corrected chi connectivity index (χ0v) is 19.6. The Morgan fingerprint density at radius 1 is 1.14 bits per heavy atom. The van der Waals surface area contributed by atoms with Crippen molar-refractivity contribution in [3.05, 3.63) is 59.5 Å². The van der Waals surface area contributed by atoms with Crippen LogP contribution in [-0.2, 0) is 12.0 Å². The van der Waals surface area contributed by atoms with Crippen LogP contribution >= 0.6 is 24.0 Å². The van der Waals surface area contributed by atoms with Gasteiger partial charge in [-0.2, -0.15) is 0 Å². The van der Waals surface area contributed by atoms with Crippen molar-refractivity contribution in [2.45, 2.75) is 32.7 Å². The van der Waals surface area contributed by atoms with Crippen LogP contribution in [0.4, 0.5) is 10.2 Å². The molecule has 0 unspecified atom stereocenters. The van der Waals surface area contributed by atoms with Gasteiger partial charge in [-0.1, -0.05) is 32.0 Å². The Kier molecular flexibility index (Phi) is 9.64. The Bertz CT molecular complexity index is 777. The quantitative estimate of drug-likeness (QED) is 0.345. The molecule has 1 aromatic heterocycles. The summed E-state index contributed by atoms with van der Waals surface area (Å²) in [7, 11) is 3.94.